The molecule has 1 fully saturated rings. The van der Waals surface area contributed by atoms with Crippen LogP contribution in [0.15, 0.2) is 23.3 Å². The zero-order valence-electron chi connectivity index (χ0n) is 9.79. The summed E-state index contributed by atoms with van der Waals surface area (Å²) < 4.78 is 0. The Morgan fingerprint density at radius 3 is 2.80 bits per heavy atom. The van der Waals surface area contributed by atoms with Crippen molar-refractivity contribution in [2.45, 2.75) is 45.1 Å². The Labute approximate surface area is 92.4 Å². The van der Waals surface area contributed by atoms with Gasteiger partial charge in [0.05, 0.1) is 0 Å². The highest BCUT2D eigenvalue weighted by molar-refractivity contribution is 5.43. The summed E-state index contributed by atoms with van der Waals surface area (Å²) in [5, 5.41) is 0. The highest BCUT2D eigenvalue weighted by atomic mass is 14.8. The molecular formula is C14H21N. The molecular weight excluding hydrogens is 182 g/mol. The van der Waals surface area contributed by atoms with Gasteiger partial charge < -0.3 is 5.73 Å². The number of hydrogen-bond acceptors (Lipinski definition) is 1. The summed E-state index contributed by atoms with van der Waals surface area (Å²) in [6.45, 7) is 4.48. The minimum atomic E-state index is -0.0662. The smallest absolute Gasteiger partial charge is 0.0403 e. The number of allylic oxidation sites excluding steroid dienone is 2. The lowest BCUT2D eigenvalue weighted by molar-refractivity contribution is 0.363. The molecule has 3 unspecified atom stereocenters. The molecule has 0 aromatic rings. The normalized spacial score (nSPS) is 42.9. The molecule has 3 rings (SSSR count). The average molecular weight is 203 g/mol. The van der Waals surface area contributed by atoms with Crippen LogP contribution in [0.2, 0.25) is 0 Å². The van der Waals surface area contributed by atoms with Crippen molar-refractivity contribution in [2.24, 2.45) is 23.5 Å². The van der Waals surface area contributed by atoms with Crippen molar-refractivity contribution in [1.29, 1.82) is 0 Å². The quantitative estimate of drug-likeness (QED) is 0.696. The lowest BCUT2D eigenvalue weighted by atomic mass is 9.73. The van der Waals surface area contributed by atoms with Crippen molar-refractivity contribution < 1.29 is 0 Å². The van der Waals surface area contributed by atoms with Gasteiger partial charge >= 0.3 is 0 Å². The molecule has 3 atom stereocenters. The molecule has 82 valence electrons. The number of hydrogen-bond donors (Lipinski definition) is 1. The van der Waals surface area contributed by atoms with Gasteiger partial charge in [0, 0.05) is 5.54 Å². The molecule has 15 heavy (non-hydrogen) atoms. The summed E-state index contributed by atoms with van der Waals surface area (Å²) in [7, 11) is 0. The lowest BCUT2D eigenvalue weighted by Gasteiger charge is -2.36. The number of fused-ring (bicyclic) bond motifs is 4. The van der Waals surface area contributed by atoms with Gasteiger partial charge in [-0.1, -0.05) is 31.6 Å². The Morgan fingerprint density at radius 1 is 1.33 bits per heavy atom. The zero-order valence-corrected chi connectivity index (χ0v) is 9.79. The van der Waals surface area contributed by atoms with Crippen molar-refractivity contribution in [3.8, 4) is 0 Å². The fourth-order valence-corrected chi connectivity index (χ4v) is 3.60. The van der Waals surface area contributed by atoms with Gasteiger partial charge in [-0.2, -0.15) is 0 Å². The Hall–Kier alpha value is -0.560. The monoisotopic (exact) mass is 203 g/mol. The van der Waals surface area contributed by atoms with Crippen LogP contribution in [-0.2, 0) is 0 Å². The van der Waals surface area contributed by atoms with Crippen molar-refractivity contribution >= 4 is 0 Å². The maximum atomic E-state index is 6.47. The summed E-state index contributed by atoms with van der Waals surface area (Å²) in [6.07, 6.45) is 10.0. The lowest BCUT2D eigenvalue weighted by Crippen LogP contribution is -2.45. The first kappa shape index (κ1) is 9.65. The molecule has 0 saturated heterocycles. The Bertz CT molecular complexity index is 350. The van der Waals surface area contributed by atoms with E-state index in [1.54, 1.807) is 11.1 Å². The predicted molar refractivity (Wildman–Crippen MR) is 63.4 cm³/mol. The van der Waals surface area contributed by atoms with Gasteiger partial charge in [-0.15, -0.1) is 0 Å². The molecule has 1 nitrogen and oxygen atoms in total. The van der Waals surface area contributed by atoms with Crippen LogP contribution in [0.3, 0.4) is 0 Å². The predicted octanol–water partition coefficient (Wildman–Crippen LogP) is 3.03. The average Bonchev–Trinajstić information content (AvgIpc) is 2.77. The summed E-state index contributed by atoms with van der Waals surface area (Å²) in [6, 6.07) is 0. The number of nitrogens with two attached hydrogens (primary N) is 1. The van der Waals surface area contributed by atoms with Crippen LogP contribution < -0.4 is 5.73 Å². The van der Waals surface area contributed by atoms with E-state index in [0.29, 0.717) is 5.92 Å². The molecule has 1 heteroatoms. The van der Waals surface area contributed by atoms with Gasteiger partial charge in [0.25, 0.3) is 0 Å². The number of rotatable bonds is 1. The van der Waals surface area contributed by atoms with Crippen molar-refractivity contribution in [2.75, 3.05) is 0 Å². The van der Waals surface area contributed by atoms with E-state index in [1.807, 2.05) is 0 Å². The Morgan fingerprint density at radius 2 is 2.07 bits per heavy atom. The molecule has 0 heterocycles. The van der Waals surface area contributed by atoms with E-state index < -0.39 is 0 Å². The SMILES string of the molecule is CC(C)C1(N)C=CC2=C(C1)C1CCC2C1. The van der Waals surface area contributed by atoms with Crippen LogP contribution in [0.25, 0.3) is 0 Å². The van der Waals surface area contributed by atoms with E-state index in [1.165, 1.54) is 19.3 Å². The molecule has 0 aromatic carbocycles. The maximum Gasteiger partial charge on any atom is 0.0403 e. The highest BCUT2D eigenvalue weighted by Gasteiger charge is 2.43. The van der Waals surface area contributed by atoms with Crippen LogP contribution in [0, 0.1) is 17.8 Å². The van der Waals surface area contributed by atoms with Crippen LogP contribution >= 0.6 is 0 Å². The van der Waals surface area contributed by atoms with Crippen molar-refractivity contribution in [1.82, 2.24) is 0 Å². The summed E-state index contributed by atoms with van der Waals surface area (Å²) in [4.78, 5) is 0. The van der Waals surface area contributed by atoms with E-state index in [2.05, 4.69) is 26.0 Å². The van der Waals surface area contributed by atoms with Gasteiger partial charge in [0.2, 0.25) is 0 Å². The van der Waals surface area contributed by atoms with Gasteiger partial charge in [-0.3, -0.25) is 0 Å². The van der Waals surface area contributed by atoms with Crippen LogP contribution in [-0.4, -0.2) is 5.54 Å². The molecule has 2 N–H and O–H groups in total. The summed E-state index contributed by atoms with van der Waals surface area (Å²) in [5.41, 5.74) is 9.78. The van der Waals surface area contributed by atoms with E-state index >= 15 is 0 Å². The second-order valence-electron chi connectivity index (χ2n) is 5.96. The third kappa shape index (κ3) is 1.25. The van der Waals surface area contributed by atoms with Crippen LogP contribution in [0.1, 0.15) is 39.5 Å². The first-order chi connectivity index (χ1) is 7.10. The second kappa shape index (κ2) is 2.98. The van der Waals surface area contributed by atoms with Gasteiger partial charge in [0.15, 0.2) is 0 Å². The molecule has 0 aromatic heterocycles. The first-order valence-electron chi connectivity index (χ1n) is 6.31. The van der Waals surface area contributed by atoms with Gasteiger partial charge in [-0.05, 0) is 49.0 Å². The topological polar surface area (TPSA) is 26.0 Å². The van der Waals surface area contributed by atoms with Gasteiger partial charge in [0.1, 0.15) is 0 Å². The van der Waals surface area contributed by atoms with E-state index in [0.717, 1.165) is 18.3 Å². The van der Waals surface area contributed by atoms with E-state index in [9.17, 15) is 0 Å². The van der Waals surface area contributed by atoms with Crippen molar-refractivity contribution in [3.63, 3.8) is 0 Å². The highest BCUT2D eigenvalue weighted by Crippen LogP contribution is 2.53. The van der Waals surface area contributed by atoms with E-state index in [4.69, 9.17) is 5.73 Å². The zero-order chi connectivity index (χ0) is 10.6. The summed E-state index contributed by atoms with van der Waals surface area (Å²) >= 11 is 0. The Balaban J connectivity index is 1.93. The van der Waals surface area contributed by atoms with Gasteiger partial charge in [-0.25, -0.2) is 0 Å². The maximum absolute atomic E-state index is 6.47. The van der Waals surface area contributed by atoms with E-state index in [-0.39, 0.29) is 5.54 Å². The molecule has 3 aliphatic rings. The fourth-order valence-electron chi connectivity index (χ4n) is 3.60. The fraction of sp³-hybridized carbons (Fsp3) is 0.714. The summed E-state index contributed by atoms with van der Waals surface area (Å²) in [5.74, 6) is 2.32. The van der Waals surface area contributed by atoms with Crippen LogP contribution in [0.5, 0.6) is 0 Å². The molecule has 2 bridgehead atoms. The molecule has 1 saturated carbocycles. The van der Waals surface area contributed by atoms with Crippen LogP contribution in [0.4, 0.5) is 0 Å². The standard InChI is InChI=1S/C14H21N/c1-9(2)14(15)6-5-12-10-3-4-11(7-10)13(12)8-14/h5-6,9-11H,3-4,7-8,15H2,1-2H3. The molecule has 0 radical (unpaired) electrons. The van der Waals surface area contributed by atoms with Crippen molar-refractivity contribution in [3.05, 3.63) is 23.3 Å². The third-order valence-corrected chi connectivity index (χ3v) is 4.88. The minimum absolute atomic E-state index is 0.0662. The Kier molecular flexibility index (Phi) is 1.91. The largest absolute Gasteiger partial charge is 0.321 e. The molecule has 0 amide bonds. The molecule has 0 aliphatic heterocycles. The minimum Gasteiger partial charge on any atom is -0.321 e. The third-order valence-electron chi connectivity index (χ3n) is 4.88. The second-order valence-corrected chi connectivity index (χ2v) is 5.96. The molecule has 0 spiro atoms. The first-order valence-corrected chi connectivity index (χ1v) is 6.31. The molecule has 3 aliphatic carbocycles.